The van der Waals surface area contributed by atoms with Gasteiger partial charge in [0.25, 0.3) is 0 Å². The van der Waals surface area contributed by atoms with Gasteiger partial charge < -0.3 is 22.9 Å². The summed E-state index contributed by atoms with van der Waals surface area (Å²) in [5.74, 6) is 0. The summed E-state index contributed by atoms with van der Waals surface area (Å²) in [7, 11) is 0. The Labute approximate surface area is 120 Å². The lowest BCUT2D eigenvalue weighted by Gasteiger charge is -2.03. The molecular formula is C15H34ClNO. The highest BCUT2D eigenvalue weighted by atomic mass is 35.5. The molecular weight excluding hydrogens is 246 g/mol. The molecule has 0 aromatic heterocycles. The molecule has 0 spiro atoms. The third kappa shape index (κ3) is 18.6. The molecule has 2 nitrogen and oxygen atoms in total. The summed E-state index contributed by atoms with van der Waals surface area (Å²) in [6.45, 7) is 5.13. The smallest absolute Gasteiger partial charge is 0.0762 e. The summed E-state index contributed by atoms with van der Waals surface area (Å²) >= 11 is 0. The third-order valence-corrected chi connectivity index (χ3v) is 3.18. The first-order chi connectivity index (χ1) is 8.41. The van der Waals surface area contributed by atoms with Gasteiger partial charge in [0.15, 0.2) is 0 Å². The largest absolute Gasteiger partial charge is 1.00 e. The lowest BCUT2D eigenvalue weighted by atomic mass is 10.1. The van der Waals surface area contributed by atoms with Crippen LogP contribution in [0.15, 0.2) is 0 Å². The van der Waals surface area contributed by atoms with Crippen molar-refractivity contribution < 1.29 is 22.9 Å². The Hall–Kier alpha value is 0.210. The van der Waals surface area contributed by atoms with E-state index in [0.29, 0.717) is 0 Å². The molecule has 0 bridgehead atoms. The van der Waals surface area contributed by atoms with E-state index in [1.165, 1.54) is 64.2 Å². The van der Waals surface area contributed by atoms with E-state index in [1.807, 2.05) is 0 Å². The monoisotopic (exact) mass is 279 g/mol. The molecule has 0 aromatic carbocycles. The van der Waals surface area contributed by atoms with E-state index in [-0.39, 0.29) is 12.4 Å². The average Bonchev–Trinajstić information content (AvgIpc) is 2.35. The van der Waals surface area contributed by atoms with Gasteiger partial charge >= 0.3 is 0 Å². The molecule has 18 heavy (non-hydrogen) atoms. The molecule has 0 fully saturated rings. The van der Waals surface area contributed by atoms with Crippen molar-refractivity contribution in [2.24, 2.45) is 0 Å². The van der Waals surface area contributed by atoms with Crippen LogP contribution in [0.5, 0.6) is 0 Å². The molecule has 0 amide bonds. The number of rotatable bonds is 14. The Kier molecular flexibility index (Phi) is 22.3. The Bertz CT molecular complexity index is 120. The second-order valence-corrected chi connectivity index (χ2v) is 5.00. The number of ether oxygens (including phenoxy) is 1. The zero-order chi connectivity index (χ0) is 12.6. The van der Waals surface area contributed by atoms with E-state index in [9.17, 15) is 0 Å². The van der Waals surface area contributed by atoms with Crippen LogP contribution in [0.2, 0.25) is 0 Å². The summed E-state index contributed by atoms with van der Waals surface area (Å²) < 4.78 is 5.51. The van der Waals surface area contributed by atoms with Crippen LogP contribution in [0.25, 0.3) is 0 Å². The Morgan fingerprint density at radius 1 is 0.667 bits per heavy atom. The molecule has 112 valence electrons. The summed E-state index contributed by atoms with van der Waals surface area (Å²) in [4.78, 5) is 0. The van der Waals surface area contributed by atoms with E-state index < -0.39 is 0 Å². The number of hydrogen-bond acceptors (Lipinski definition) is 1. The van der Waals surface area contributed by atoms with E-state index in [2.05, 4.69) is 12.7 Å². The second kappa shape index (κ2) is 19.5. The first-order valence-corrected chi connectivity index (χ1v) is 7.78. The van der Waals surface area contributed by atoms with Crippen LogP contribution in [-0.4, -0.2) is 19.8 Å². The van der Waals surface area contributed by atoms with E-state index in [0.717, 1.165) is 26.2 Å². The predicted octanol–water partition coefficient (Wildman–Crippen LogP) is 0.560. The molecule has 3 heteroatoms. The quantitative estimate of drug-likeness (QED) is 0.464. The Balaban J connectivity index is 0. The van der Waals surface area contributed by atoms with Gasteiger partial charge in [0.1, 0.15) is 0 Å². The standard InChI is InChI=1S/C15H33NO.ClH/c1-2-3-4-5-6-7-8-9-10-11-14-17-15-12-13-16;/h2-16H2,1H3;1H. The first-order valence-electron chi connectivity index (χ1n) is 7.78. The topological polar surface area (TPSA) is 36.9 Å². The van der Waals surface area contributed by atoms with Crippen LogP contribution >= 0.6 is 0 Å². The normalized spacial score (nSPS) is 10.3. The number of quaternary nitrogens is 1. The second-order valence-electron chi connectivity index (χ2n) is 5.00. The van der Waals surface area contributed by atoms with Crippen molar-refractivity contribution in [1.82, 2.24) is 0 Å². The Morgan fingerprint density at radius 3 is 1.61 bits per heavy atom. The van der Waals surface area contributed by atoms with Crippen molar-refractivity contribution in [2.75, 3.05) is 19.8 Å². The van der Waals surface area contributed by atoms with Gasteiger partial charge in [-0.2, -0.15) is 0 Å². The third-order valence-electron chi connectivity index (χ3n) is 3.18. The van der Waals surface area contributed by atoms with E-state index >= 15 is 0 Å². The van der Waals surface area contributed by atoms with Gasteiger partial charge in [-0.15, -0.1) is 0 Å². The fourth-order valence-electron chi connectivity index (χ4n) is 2.00. The van der Waals surface area contributed by atoms with Crippen molar-refractivity contribution >= 4 is 0 Å². The fraction of sp³-hybridized carbons (Fsp3) is 1.00. The highest BCUT2D eigenvalue weighted by Gasteiger charge is 1.93. The molecule has 0 saturated carbocycles. The molecule has 0 unspecified atom stereocenters. The molecule has 0 saturated heterocycles. The van der Waals surface area contributed by atoms with Crippen molar-refractivity contribution in [2.45, 2.75) is 77.6 Å². The van der Waals surface area contributed by atoms with Crippen LogP contribution in [0.1, 0.15) is 77.6 Å². The predicted molar refractivity (Wildman–Crippen MR) is 75.0 cm³/mol. The van der Waals surface area contributed by atoms with Gasteiger partial charge in [-0.05, 0) is 6.42 Å². The fourth-order valence-corrected chi connectivity index (χ4v) is 2.00. The lowest BCUT2D eigenvalue weighted by Crippen LogP contribution is -3.00. The van der Waals surface area contributed by atoms with Crippen LogP contribution in [0, 0.1) is 0 Å². The van der Waals surface area contributed by atoms with Crippen LogP contribution in [0.4, 0.5) is 0 Å². The maximum atomic E-state index is 5.51. The summed E-state index contributed by atoms with van der Waals surface area (Å²) in [6, 6.07) is 0. The van der Waals surface area contributed by atoms with Gasteiger partial charge in [0.2, 0.25) is 0 Å². The van der Waals surface area contributed by atoms with Crippen LogP contribution in [-0.2, 0) is 4.74 Å². The molecule has 0 aliphatic rings. The SMILES string of the molecule is CCCCCCCCCCCCOCCC[NH3+].[Cl-]. The van der Waals surface area contributed by atoms with Gasteiger partial charge in [-0.1, -0.05) is 64.7 Å². The zero-order valence-electron chi connectivity index (χ0n) is 12.4. The van der Waals surface area contributed by atoms with Gasteiger partial charge in [0.05, 0.1) is 13.2 Å². The molecule has 0 aromatic rings. The highest BCUT2D eigenvalue weighted by Crippen LogP contribution is 2.10. The van der Waals surface area contributed by atoms with Crippen molar-refractivity contribution in [3.8, 4) is 0 Å². The van der Waals surface area contributed by atoms with Crippen molar-refractivity contribution in [3.05, 3.63) is 0 Å². The number of unbranched alkanes of at least 4 members (excludes halogenated alkanes) is 9. The van der Waals surface area contributed by atoms with Gasteiger partial charge in [-0.25, -0.2) is 0 Å². The Morgan fingerprint density at radius 2 is 1.11 bits per heavy atom. The molecule has 3 N–H and O–H groups in total. The minimum absolute atomic E-state index is 0. The summed E-state index contributed by atoms with van der Waals surface area (Å²) in [6.07, 6.45) is 15.1. The molecule has 0 aliphatic heterocycles. The molecule has 0 rings (SSSR count). The van der Waals surface area contributed by atoms with E-state index in [4.69, 9.17) is 4.74 Å². The van der Waals surface area contributed by atoms with E-state index in [1.54, 1.807) is 0 Å². The highest BCUT2D eigenvalue weighted by molar-refractivity contribution is 4.47. The average molecular weight is 280 g/mol. The maximum Gasteiger partial charge on any atom is 0.0762 e. The first kappa shape index (κ1) is 20.5. The molecule has 0 aliphatic carbocycles. The summed E-state index contributed by atoms with van der Waals surface area (Å²) in [5.41, 5.74) is 3.80. The molecule has 0 atom stereocenters. The van der Waals surface area contributed by atoms with Crippen LogP contribution < -0.4 is 18.1 Å². The van der Waals surface area contributed by atoms with Crippen LogP contribution in [0.3, 0.4) is 0 Å². The number of halogens is 1. The maximum absolute atomic E-state index is 5.51. The summed E-state index contributed by atoms with van der Waals surface area (Å²) in [5, 5.41) is 0. The van der Waals surface area contributed by atoms with Gasteiger partial charge in [0, 0.05) is 13.0 Å². The minimum atomic E-state index is 0. The zero-order valence-corrected chi connectivity index (χ0v) is 13.1. The lowest BCUT2D eigenvalue weighted by molar-refractivity contribution is -0.369. The molecule has 0 heterocycles. The van der Waals surface area contributed by atoms with Crippen molar-refractivity contribution in [1.29, 1.82) is 0 Å². The molecule has 0 radical (unpaired) electrons. The minimum Gasteiger partial charge on any atom is -1.00 e. The van der Waals surface area contributed by atoms with Gasteiger partial charge in [-0.3, -0.25) is 0 Å². The van der Waals surface area contributed by atoms with Crippen molar-refractivity contribution in [3.63, 3.8) is 0 Å². The number of hydrogen-bond donors (Lipinski definition) is 1.